The molecule has 124 valence electrons. The number of nitrogens with one attached hydrogen (secondary N) is 1. The highest BCUT2D eigenvalue weighted by molar-refractivity contribution is 6.30. The van der Waals surface area contributed by atoms with Gasteiger partial charge in [0.1, 0.15) is 0 Å². The number of carbonyl (C=O) groups excluding carboxylic acids is 1. The normalized spacial score (nSPS) is 17.9. The molecule has 2 rings (SSSR count). The molecule has 1 aromatic carbocycles. The Kier molecular flexibility index (Phi) is 8.79. The van der Waals surface area contributed by atoms with E-state index < -0.39 is 0 Å². The lowest BCUT2D eigenvalue weighted by Gasteiger charge is -2.36. The predicted octanol–water partition coefficient (Wildman–Crippen LogP) is 3.05. The zero-order valence-corrected chi connectivity index (χ0v) is 14.5. The summed E-state index contributed by atoms with van der Waals surface area (Å²) < 4.78 is 5.30. The second-order valence-electron chi connectivity index (χ2n) is 5.16. The molecule has 1 amide bonds. The first-order valence-electron chi connectivity index (χ1n) is 7.55. The molecule has 1 heterocycles. The Morgan fingerprint density at radius 3 is 3.05 bits per heavy atom. The highest BCUT2D eigenvalue weighted by Crippen LogP contribution is 2.25. The van der Waals surface area contributed by atoms with Gasteiger partial charge in [0, 0.05) is 44.3 Å². The molecule has 1 atom stereocenters. The quantitative estimate of drug-likeness (QED) is 0.805. The van der Waals surface area contributed by atoms with Gasteiger partial charge in [-0.1, -0.05) is 23.7 Å². The Morgan fingerprint density at radius 1 is 1.50 bits per heavy atom. The molecule has 1 N–H and O–H groups in total. The molecule has 0 aliphatic carbocycles. The third-order valence-corrected chi connectivity index (χ3v) is 3.92. The number of amides is 1. The highest BCUT2D eigenvalue weighted by atomic mass is 35.5. The Bertz CT molecular complexity index is 471. The number of hydrogen-bond donors (Lipinski definition) is 1. The van der Waals surface area contributed by atoms with Gasteiger partial charge in [0.25, 0.3) is 0 Å². The first-order valence-corrected chi connectivity index (χ1v) is 7.93. The van der Waals surface area contributed by atoms with Crippen LogP contribution in [-0.4, -0.2) is 43.7 Å². The first-order chi connectivity index (χ1) is 10.2. The predicted molar refractivity (Wildman–Crippen MR) is 91.8 cm³/mol. The third kappa shape index (κ3) is 5.43. The fourth-order valence-corrected chi connectivity index (χ4v) is 2.83. The maximum atomic E-state index is 12.4. The van der Waals surface area contributed by atoms with Gasteiger partial charge in [0.2, 0.25) is 5.91 Å². The molecule has 0 bridgehead atoms. The van der Waals surface area contributed by atoms with E-state index in [-0.39, 0.29) is 24.4 Å². The minimum absolute atomic E-state index is 0. The van der Waals surface area contributed by atoms with Crippen molar-refractivity contribution in [1.29, 1.82) is 0 Å². The SMILES string of the molecule is CCOCCCC(=O)N1CCNCC1c1cccc(Cl)c1.Cl. The van der Waals surface area contributed by atoms with Crippen LogP contribution < -0.4 is 5.32 Å². The van der Waals surface area contributed by atoms with Crippen molar-refractivity contribution in [2.45, 2.75) is 25.8 Å². The average Bonchev–Trinajstić information content (AvgIpc) is 2.51. The summed E-state index contributed by atoms with van der Waals surface area (Å²) in [7, 11) is 0. The van der Waals surface area contributed by atoms with Crippen LogP contribution in [0.3, 0.4) is 0 Å². The van der Waals surface area contributed by atoms with Crippen molar-refractivity contribution in [2.24, 2.45) is 0 Å². The van der Waals surface area contributed by atoms with Gasteiger partial charge in [-0.15, -0.1) is 12.4 Å². The van der Waals surface area contributed by atoms with Gasteiger partial charge in [0.05, 0.1) is 6.04 Å². The van der Waals surface area contributed by atoms with E-state index in [0.29, 0.717) is 24.7 Å². The summed E-state index contributed by atoms with van der Waals surface area (Å²) >= 11 is 6.07. The molecule has 1 unspecified atom stereocenters. The maximum absolute atomic E-state index is 12.4. The van der Waals surface area contributed by atoms with Crippen LogP contribution in [0.2, 0.25) is 5.02 Å². The van der Waals surface area contributed by atoms with Crippen molar-refractivity contribution in [3.05, 3.63) is 34.9 Å². The first kappa shape index (κ1) is 19.2. The molecule has 1 aliphatic heterocycles. The number of carbonyl (C=O) groups is 1. The Hall–Kier alpha value is -0.810. The number of benzene rings is 1. The van der Waals surface area contributed by atoms with Crippen LogP contribution in [0.4, 0.5) is 0 Å². The van der Waals surface area contributed by atoms with E-state index in [1.165, 1.54) is 0 Å². The van der Waals surface area contributed by atoms with E-state index in [4.69, 9.17) is 16.3 Å². The lowest BCUT2D eigenvalue weighted by molar-refractivity contribution is -0.134. The smallest absolute Gasteiger partial charge is 0.223 e. The summed E-state index contributed by atoms with van der Waals surface area (Å²) in [5, 5.41) is 4.06. The molecule has 1 saturated heterocycles. The van der Waals surface area contributed by atoms with Crippen LogP contribution in [0.25, 0.3) is 0 Å². The Morgan fingerprint density at radius 2 is 2.32 bits per heavy atom. The monoisotopic (exact) mass is 346 g/mol. The van der Waals surface area contributed by atoms with E-state index in [1.54, 1.807) is 0 Å². The number of piperazine rings is 1. The summed E-state index contributed by atoms with van der Waals surface area (Å²) in [6.45, 7) is 5.67. The number of rotatable bonds is 6. The van der Waals surface area contributed by atoms with Gasteiger partial charge in [-0.2, -0.15) is 0 Å². The van der Waals surface area contributed by atoms with Crippen LogP contribution in [0.15, 0.2) is 24.3 Å². The molecule has 0 radical (unpaired) electrons. The molecule has 0 saturated carbocycles. The van der Waals surface area contributed by atoms with Crippen molar-refractivity contribution in [3.63, 3.8) is 0 Å². The molecule has 22 heavy (non-hydrogen) atoms. The molecule has 1 fully saturated rings. The second kappa shape index (κ2) is 10.1. The minimum atomic E-state index is 0. The van der Waals surface area contributed by atoms with E-state index in [0.717, 1.165) is 31.6 Å². The molecule has 4 nitrogen and oxygen atoms in total. The summed E-state index contributed by atoms with van der Waals surface area (Å²) in [6, 6.07) is 7.83. The van der Waals surface area contributed by atoms with E-state index >= 15 is 0 Å². The van der Waals surface area contributed by atoms with Gasteiger partial charge >= 0.3 is 0 Å². The van der Waals surface area contributed by atoms with Gasteiger partial charge in [0.15, 0.2) is 0 Å². The van der Waals surface area contributed by atoms with E-state index in [2.05, 4.69) is 5.32 Å². The van der Waals surface area contributed by atoms with Crippen LogP contribution in [-0.2, 0) is 9.53 Å². The maximum Gasteiger partial charge on any atom is 0.223 e. The summed E-state index contributed by atoms with van der Waals surface area (Å²) in [5.74, 6) is 0.196. The van der Waals surface area contributed by atoms with E-state index in [1.807, 2.05) is 36.1 Å². The molecule has 1 aromatic rings. The summed E-state index contributed by atoms with van der Waals surface area (Å²) in [6.07, 6.45) is 1.32. The highest BCUT2D eigenvalue weighted by Gasteiger charge is 2.27. The number of halogens is 2. The lowest BCUT2D eigenvalue weighted by atomic mass is 10.0. The van der Waals surface area contributed by atoms with Crippen molar-refractivity contribution in [2.75, 3.05) is 32.8 Å². The van der Waals surface area contributed by atoms with Gasteiger partial charge in [-0.25, -0.2) is 0 Å². The Balaban J connectivity index is 0.00000242. The van der Waals surface area contributed by atoms with Gasteiger partial charge in [-0.3, -0.25) is 4.79 Å². The minimum Gasteiger partial charge on any atom is -0.382 e. The zero-order valence-electron chi connectivity index (χ0n) is 12.9. The number of hydrogen-bond acceptors (Lipinski definition) is 3. The van der Waals surface area contributed by atoms with Crippen molar-refractivity contribution >= 4 is 29.9 Å². The van der Waals surface area contributed by atoms with Crippen molar-refractivity contribution < 1.29 is 9.53 Å². The van der Waals surface area contributed by atoms with Crippen molar-refractivity contribution in [1.82, 2.24) is 10.2 Å². The Labute approximate surface area is 143 Å². The van der Waals surface area contributed by atoms with Gasteiger partial charge in [-0.05, 0) is 31.0 Å². The van der Waals surface area contributed by atoms with Crippen LogP contribution in [0.5, 0.6) is 0 Å². The average molecular weight is 347 g/mol. The molecular weight excluding hydrogens is 323 g/mol. The van der Waals surface area contributed by atoms with Crippen LogP contribution in [0, 0.1) is 0 Å². The number of nitrogens with zero attached hydrogens (tertiary/aromatic N) is 1. The second-order valence-corrected chi connectivity index (χ2v) is 5.60. The molecule has 0 aromatic heterocycles. The van der Waals surface area contributed by atoms with Crippen molar-refractivity contribution in [3.8, 4) is 0 Å². The summed E-state index contributed by atoms with van der Waals surface area (Å²) in [4.78, 5) is 14.4. The topological polar surface area (TPSA) is 41.6 Å². The number of ether oxygens (including phenoxy) is 1. The third-order valence-electron chi connectivity index (χ3n) is 3.68. The molecule has 0 spiro atoms. The van der Waals surface area contributed by atoms with E-state index in [9.17, 15) is 4.79 Å². The molecule has 6 heteroatoms. The fraction of sp³-hybridized carbons (Fsp3) is 0.562. The molecular formula is C16H24Cl2N2O2. The zero-order chi connectivity index (χ0) is 15.1. The standard InChI is InChI=1S/C16H23ClN2O2.ClH/c1-2-21-10-4-7-16(20)19-9-8-18-12-15(19)13-5-3-6-14(17)11-13;/h3,5-6,11,15,18H,2,4,7-10,12H2,1H3;1H. The van der Waals surface area contributed by atoms with Crippen LogP contribution >= 0.6 is 24.0 Å². The summed E-state index contributed by atoms with van der Waals surface area (Å²) in [5.41, 5.74) is 1.09. The van der Waals surface area contributed by atoms with Gasteiger partial charge < -0.3 is 15.0 Å². The lowest BCUT2D eigenvalue weighted by Crippen LogP contribution is -2.48. The fourth-order valence-electron chi connectivity index (χ4n) is 2.63. The largest absolute Gasteiger partial charge is 0.382 e. The molecule has 1 aliphatic rings. The van der Waals surface area contributed by atoms with Crippen LogP contribution in [0.1, 0.15) is 31.4 Å².